The van der Waals surface area contributed by atoms with E-state index in [1.165, 1.54) is 0 Å². The second-order valence-corrected chi connectivity index (χ2v) is 6.01. The molecule has 0 saturated carbocycles. The van der Waals surface area contributed by atoms with Crippen LogP contribution in [0.3, 0.4) is 0 Å². The van der Waals surface area contributed by atoms with Gasteiger partial charge < -0.3 is 9.84 Å². The van der Waals surface area contributed by atoms with E-state index in [1.807, 2.05) is 24.3 Å². The van der Waals surface area contributed by atoms with Crippen molar-refractivity contribution in [2.75, 3.05) is 6.61 Å². The average Bonchev–Trinajstić information content (AvgIpc) is 2.14. The number of aliphatic hydroxyl groups is 1. The average molecular weight is 287 g/mol. The van der Waals surface area contributed by atoms with Crippen LogP contribution in [0.15, 0.2) is 28.7 Å². The quantitative estimate of drug-likeness (QED) is 0.916. The van der Waals surface area contributed by atoms with Crippen LogP contribution >= 0.6 is 15.9 Å². The Kier molecular flexibility index (Phi) is 4.81. The lowest BCUT2D eigenvalue weighted by Crippen LogP contribution is -2.23. The Balaban J connectivity index is 2.43. The summed E-state index contributed by atoms with van der Waals surface area (Å²) in [6, 6.07) is 7.65. The van der Waals surface area contributed by atoms with Crippen molar-refractivity contribution < 1.29 is 9.84 Å². The summed E-state index contributed by atoms with van der Waals surface area (Å²) in [6.45, 7) is 6.65. The van der Waals surface area contributed by atoms with Gasteiger partial charge in [0.2, 0.25) is 0 Å². The predicted octanol–water partition coefficient (Wildman–Crippen LogP) is 3.63. The van der Waals surface area contributed by atoms with Gasteiger partial charge in [0.1, 0.15) is 12.4 Å². The Morgan fingerprint density at radius 1 is 1.31 bits per heavy atom. The highest BCUT2D eigenvalue weighted by atomic mass is 79.9. The smallest absolute Gasteiger partial charge is 0.133 e. The molecule has 0 amide bonds. The Bertz CT molecular complexity index is 331. The first kappa shape index (κ1) is 13.5. The summed E-state index contributed by atoms with van der Waals surface area (Å²) in [7, 11) is 0. The highest BCUT2D eigenvalue weighted by molar-refractivity contribution is 9.10. The minimum atomic E-state index is -0.424. The van der Waals surface area contributed by atoms with Gasteiger partial charge in [-0.2, -0.15) is 0 Å². The molecule has 2 nitrogen and oxygen atoms in total. The zero-order valence-corrected chi connectivity index (χ0v) is 11.6. The first-order chi connectivity index (χ1) is 7.38. The van der Waals surface area contributed by atoms with Crippen LogP contribution in [0, 0.1) is 5.41 Å². The van der Waals surface area contributed by atoms with Crippen LogP contribution in [0.1, 0.15) is 27.2 Å². The van der Waals surface area contributed by atoms with Crippen molar-refractivity contribution in [3.8, 4) is 5.75 Å². The highest BCUT2D eigenvalue weighted by Gasteiger charge is 2.17. The molecule has 0 aliphatic heterocycles. The third-order valence-electron chi connectivity index (χ3n) is 2.12. The van der Waals surface area contributed by atoms with Crippen molar-refractivity contribution >= 4 is 15.9 Å². The molecule has 0 aromatic heterocycles. The molecule has 1 atom stereocenters. The van der Waals surface area contributed by atoms with Crippen molar-refractivity contribution in [1.82, 2.24) is 0 Å². The number of benzene rings is 1. The summed E-state index contributed by atoms with van der Waals surface area (Å²) < 4.78 is 6.46. The van der Waals surface area contributed by atoms with Crippen molar-refractivity contribution in [2.24, 2.45) is 5.41 Å². The van der Waals surface area contributed by atoms with E-state index < -0.39 is 6.10 Å². The lowest BCUT2D eigenvalue weighted by molar-refractivity contribution is 0.0707. The number of ether oxygens (including phenoxy) is 1. The molecule has 0 heterocycles. The van der Waals surface area contributed by atoms with Crippen LogP contribution in [0.5, 0.6) is 5.75 Å². The molecule has 16 heavy (non-hydrogen) atoms. The third-order valence-corrected chi connectivity index (χ3v) is 2.77. The molecule has 0 aliphatic carbocycles. The zero-order valence-electron chi connectivity index (χ0n) is 10.0. The van der Waals surface area contributed by atoms with E-state index >= 15 is 0 Å². The van der Waals surface area contributed by atoms with E-state index in [4.69, 9.17) is 4.74 Å². The largest absolute Gasteiger partial charge is 0.490 e. The molecule has 90 valence electrons. The maximum Gasteiger partial charge on any atom is 0.133 e. The molecular formula is C13H19BrO2. The van der Waals surface area contributed by atoms with Crippen LogP contribution in [-0.4, -0.2) is 17.8 Å². The summed E-state index contributed by atoms with van der Waals surface area (Å²) in [5.74, 6) is 0.774. The highest BCUT2D eigenvalue weighted by Crippen LogP contribution is 2.25. The number of para-hydroxylation sites is 1. The molecule has 1 aromatic carbocycles. The van der Waals surface area contributed by atoms with Gasteiger partial charge in [-0.15, -0.1) is 0 Å². The molecule has 1 N–H and O–H groups in total. The molecule has 0 spiro atoms. The minimum Gasteiger partial charge on any atom is -0.490 e. The molecule has 3 heteroatoms. The summed E-state index contributed by atoms with van der Waals surface area (Å²) in [5, 5.41) is 9.80. The lowest BCUT2D eigenvalue weighted by atomic mass is 9.89. The Morgan fingerprint density at radius 2 is 1.94 bits per heavy atom. The van der Waals surface area contributed by atoms with Crippen LogP contribution in [0.25, 0.3) is 0 Å². The van der Waals surface area contributed by atoms with Crippen LogP contribution in [0.2, 0.25) is 0 Å². The van der Waals surface area contributed by atoms with E-state index in [2.05, 4.69) is 36.7 Å². The topological polar surface area (TPSA) is 29.5 Å². The van der Waals surface area contributed by atoms with E-state index in [0.29, 0.717) is 6.61 Å². The fraction of sp³-hybridized carbons (Fsp3) is 0.538. The van der Waals surface area contributed by atoms with Gasteiger partial charge in [0, 0.05) is 0 Å². The molecular weight excluding hydrogens is 268 g/mol. The van der Waals surface area contributed by atoms with Gasteiger partial charge in [-0.1, -0.05) is 32.9 Å². The third kappa shape index (κ3) is 4.99. The number of hydrogen-bond donors (Lipinski definition) is 1. The number of hydrogen-bond acceptors (Lipinski definition) is 2. The van der Waals surface area contributed by atoms with Crippen molar-refractivity contribution in [1.29, 1.82) is 0 Å². The first-order valence-corrected chi connectivity index (χ1v) is 6.23. The fourth-order valence-electron chi connectivity index (χ4n) is 1.51. The molecule has 1 unspecified atom stereocenters. The Hall–Kier alpha value is -0.540. The van der Waals surface area contributed by atoms with Crippen LogP contribution < -0.4 is 4.74 Å². The van der Waals surface area contributed by atoms with E-state index in [1.54, 1.807) is 0 Å². The van der Waals surface area contributed by atoms with Gasteiger partial charge in [-0.3, -0.25) is 0 Å². The number of aliphatic hydroxyl groups excluding tert-OH is 1. The summed E-state index contributed by atoms with van der Waals surface area (Å²) in [5.41, 5.74) is 0.122. The molecule has 0 aliphatic rings. The molecule has 0 fully saturated rings. The summed E-state index contributed by atoms with van der Waals surface area (Å²) >= 11 is 3.40. The van der Waals surface area contributed by atoms with Gasteiger partial charge >= 0.3 is 0 Å². The van der Waals surface area contributed by atoms with Crippen LogP contribution in [0.4, 0.5) is 0 Å². The fourth-order valence-corrected chi connectivity index (χ4v) is 1.91. The van der Waals surface area contributed by atoms with Gasteiger partial charge in [-0.05, 0) is 39.9 Å². The summed E-state index contributed by atoms with van der Waals surface area (Å²) in [6.07, 6.45) is 0.310. The first-order valence-electron chi connectivity index (χ1n) is 5.44. The number of halogens is 1. The van der Waals surface area contributed by atoms with Crippen molar-refractivity contribution in [2.45, 2.75) is 33.3 Å². The van der Waals surface area contributed by atoms with E-state index in [0.717, 1.165) is 16.6 Å². The zero-order chi connectivity index (χ0) is 12.2. The molecule has 0 radical (unpaired) electrons. The van der Waals surface area contributed by atoms with E-state index in [9.17, 15) is 5.11 Å². The Morgan fingerprint density at radius 3 is 2.50 bits per heavy atom. The standard InChI is InChI=1S/C13H19BrO2/c1-13(2,3)8-10(15)9-16-12-7-5-4-6-11(12)14/h4-7,10,15H,8-9H2,1-3H3. The van der Waals surface area contributed by atoms with Crippen molar-refractivity contribution in [3.05, 3.63) is 28.7 Å². The molecule has 0 bridgehead atoms. The predicted molar refractivity (Wildman–Crippen MR) is 69.7 cm³/mol. The maximum atomic E-state index is 9.80. The summed E-state index contributed by atoms with van der Waals surface area (Å²) in [4.78, 5) is 0. The van der Waals surface area contributed by atoms with Gasteiger partial charge in [0.15, 0.2) is 0 Å². The second-order valence-electron chi connectivity index (χ2n) is 5.16. The number of rotatable bonds is 4. The second kappa shape index (κ2) is 5.69. The van der Waals surface area contributed by atoms with Gasteiger partial charge in [-0.25, -0.2) is 0 Å². The monoisotopic (exact) mass is 286 g/mol. The normalized spacial score (nSPS) is 13.6. The Labute approximate surface area is 106 Å². The molecule has 1 rings (SSSR count). The van der Waals surface area contributed by atoms with Crippen molar-refractivity contribution in [3.63, 3.8) is 0 Å². The molecule has 1 aromatic rings. The van der Waals surface area contributed by atoms with Gasteiger partial charge in [0.25, 0.3) is 0 Å². The maximum absolute atomic E-state index is 9.80. The van der Waals surface area contributed by atoms with E-state index in [-0.39, 0.29) is 5.41 Å². The molecule has 0 saturated heterocycles. The van der Waals surface area contributed by atoms with Crippen LogP contribution in [-0.2, 0) is 0 Å². The SMILES string of the molecule is CC(C)(C)CC(O)COc1ccccc1Br. The lowest BCUT2D eigenvalue weighted by Gasteiger charge is -2.22. The minimum absolute atomic E-state index is 0.122. The van der Waals surface area contributed by atoms with Gasteiger partial charge in [0.05, 0.1) is 10.6 Å².